The molecule has 0 aliphatic carbocycles. The van der Waals surface area contributed by atoms with Crippen molar-refractivity contribution in [2.24, 2.45) is 5.92 Å². The van der Waals surface area contributed by atoms with Gasteiger partial charge in [0.05, 0.1) is 0 Å². The number of allylic oxidation sites excluding steroid dienone is 1. The third-order valence-electron chi connectivity index (χ3n) is 4.36. The van der Waals surface area contributed by atoms with E-state index in [1.807, 2.05) is 0 Å². The summed E-state index contributed by atoms with van der Waals surface area (Å²) >= 11 is 0. The van der Waals surface area contributed by atoms with Crippen LogP contribution in [0, 0.1) is 5.92 Å². The molecule has 2 heteroatoms. The summed E-state index contributed by atoms with van der Waals surface area (Å²) < 4.78 is 0. The highest BCUT2D eigenvalue weighted by atomic mass is 15.1. The fraction of sp³-hybridized carbons (Fsp3) is 0.895. The first-order valence-corrected chi connectivity index (χ1v) is 8.83. The molecule has 0 atom stereocenters. The Morgan fingerprint density at radius 2 is 1.67 bits per heavy atom. The van der Waals surface area contributed by atoms with Crippen molar-refractivity contribution in [3.63, 3.8) is 0 Å². The third-order valence-corrected chi connectivity index (χ3v) is 4.36. The zero-order valence-corrected chi connectivity index (χ0v) is 15.3. The second-order valence-electron chi connectivity index (χ2n) is 8.74. The summed E-state index contributed by atoms with van der Waals surface area (Å²) in [4.78, 5) is 0. The van der Waals surface area contributed by atoms with Gasteiger partial charge in [0, 0.05) is 22.8 Å². The van der Waals surface area contributed by atoms with E-state index >= 15 is 0 Å². The van der Waals surface area contributed by atoms with Gasteiger partial charge in [0.15, 0.2) is 0 Å². The number of hydrogen-bond donors (Lipinski definition) is 2. The van der Waals surface area contributed by atoms with Gasteiger partial charge in [-0.05, 0) is 59.3 Å². The van der Waals surface area contributed by atoms with E-state index in [1.165, 1.54) is 44.2 Å². The molecule has 0 amide bonds. The smallest absolute Gasteiger partial charge is 0.0292 e. The Morgan fingerprint density at radius 1 is 1.10 bits per heavy atom. The molecule has 124 valence electrons. The molecule has 1 aliphatic rings. The van der Waals surface area contributed by atoms with Crippen LogP contribution in [0.1, 0.15) is 86.5 Å². The summed E-state index contributed by atoms with van der Waals surface area (Å²) in [7, 11) is 0. The topological polar surface area (TPSA) is 24.1 Å². The summed E-state index contributed by atoms with van der Waals surface area (Å²) in [6, 6.07) is 0.555. The van der Waals surface area contributed by atoms with Gasteiger partial charge in [0.1, 0.15) is 0 Å². The Labute approximate surface area is 133 Å². The van der Waals surface area contributed by atoms with E-state index in [-0.39, 0.29) is 11.1 Å². The van der Waals surface area contributed by atoms with Gasteiger partial charge in [0.2, 0.25) is 0 Å². The van der Waals surface area contributed by atoms with Gasteiger partial charge >= 0.3 is 0 Å². The lowest BCUT2D eigenvalue weighted by Crippen LogP contribution is -2.61. The van der Waals surface area contributed by atoms with Crippen LogP contribution in [0.4, 0.5) is 0 Å². The van der Waals surface area contributed by atoms with Crippen molar-refractivity contribution in [3.8, 4) is 0 Å². The van der Waals surface area contributed by atoms with Gasteiger partial charge in [0.25, 0.3) is 0 Å². The molecule has 1 heterocycles. The summed E-state index contributed by atoms with van der Waals surface area (Å²) in [5, 5.41) is 7.43. The number of unbranched alkanes of at least 4 members (excludes halogenated alkanes) is 2. The average Bonchev–Trinajstić information content (AvgIpc) is 2.23. The maximum atomic E-state index is 4.25. The van der Waals surface area contributed by atoms with Crippen molar-refractivity contribution < 1.29 is 0 Å². The maximum absolute atomic E-state index is 4.25. The van der Waals surface area contributed by atoms with Crippen molar-refractivity contribution >= 4 is 0 Å². The first kappa shape index (κ1) is 18.5. The zero-order valence-electron chi connectivity index (χ0n) is 15.3. The van der Waals surface area contributed by atoms with E-state index in [4.69, 9.17) is 0 Å². The quantitative estimate of drug-likeness (QED) is 0.615. The van der Waals surface area contributed by atoms with Crippen LogP contribution in [0.5, 0.6) is 0 Å². The molecule has 0 aromatic heterocycles. The van der Waals surface area contributed by atoms with Gasteiger partial charge < -0.3 is 10.6 Å². The van der Waals surface area contributed by atoms with Crippen LogP contribution in [0.25, 0.3) is 0 Å². The molecule has 1 rings (SSSR count). The molecule has 1 aliphatic heterocycles. The number of piperidine rings is 1. The first-order valence-electron chi connectivity index (χ1n) is 8.83. The molecule has 1 fully saturated rings. The van der Waals surface area contributed by atoms with E-state index in [0.29, 0.717) is 6.04 Å². The van der Waals surface area contributed by atoms with E-state index in [2.05, 4.69) is 58.8 Å². The lowest BCUT2D eigenvalue weighted by atomic mass is 9.79. The molecule has 0 aromatic rings. The largest absolute Gasteiger partial charge is 0.386 e. The van der Waals surface area contributed by atoms with Gasteiger partial charge in [-0.3, -0.25) is 0 Å². The lowest BCUT2D eigenvalue weighted by Gasteiger charge is -2.47. The summed E-state index contributed by atoms with van der Waals surface area (Å²) in [5.41, 5.74) is 1.64. The molecular weight excluding hydrogens is 256 g/mol. The highest BCUT2D eigenvalue weighted by molar-refractivity contribution is 5.03. The predicted octanol–water partition coefficient (Wildman–Crippen LogP) is 5.01. The van der Waals surface area contributed by atoms with Crippen LogP contribution in [0.2, 0.25) is 0 Å². The minimum atomic E-state index is 0.205. The van der Waals surface area contributed by atoms with Gasteiger partial charge in [-0.1, -0.05) is 39.7 Å². The predicted molar refractivity (Wildman–Crippen MR) is 94.5 cm³/mol. The number of rotatable bonds is 8. The molecule has 21 heavy (non-hydrogen) atoms. The van der Waals surface area contributed by atoms with Gasteiger partial charge in [-0.25, -0.2) is 0 Å². The molecule has 0 bridgehead atoms. The fourth-order valence-corrected chi connectivity index (χ4v) is 3.85. The molecule has 0 unspecified atom stereocenters. The molecule has 2 N–H and O–H groups in total. The average molecular weight is 295 g/mol. The van der Waals surface area contributed by atoms with E-state index < -0.39 is 0 Å². The van der Waals surface area contributed by atoms with E-state index in [9.17, 15) is 0 Å². The number of hydrogen-bond acceptors (Lipinski definition) is 2. The lowest BCUT2D eigenvalue weighted by molar-refractivity contribution is 0.151. The number of nitrogens with one attached hydrogen (secondary N) is 2. The monoisotopic (exact) mass is 294 g/mol. The Bertz CT molecular complexity index is 312. The molecule has 1 saturated heterocycles. The van der Waals surface area contributed by atoms with Crippen LogP contribution in [-0.2, 0) is 0 Å². The van der Waals surface area contributed by atoms with Crippen LogP contribution < -0.4 is 10.6 Å². The molecule has 0 saturated carbocycles. The molecule has 0 radical (unpaired) electrons. The highest BCUT2D eigenvalue weighted by Gasteiger charge is 2.37. The zero-order chi connectivity index (χ0) is 16.1. The second kappa shape index (κ2) is 7.67. The van der Waals surface area contributed by atoms with E-state index in [1.54, 1.807) is 0 Å². The maximum Gasteiger partial charge on any atom is 0.0292 e. The van der Waals surface area contributed by atoms with Crippen molar-refractivity contribution in [2.75, 3.05) is 0 Å². The molecule has 0 spiro atoms. The van der Waals surface area contributed by atoms with Crippen molar-refractivity contribution in [1.29, 1.82) is 0 Å². The van der Waals surface area contributed by atoms with Crippen LogP contribution in [0.15, 0.2) is 12.3 Å². The molecule has 0 aromatic carbocycles. The first-order chi connectivity index (χ1) is 9.60. The normalized spacial score (nSPS) is 21.5. The third kappa shape index (κ3) is 7.90. The minimum Gasteiger partial charge on any atom is -0.386 e. The van der Waals surface area contributed by atoms with Crippen LogP contribution in [0.3, 0.4) is 0 Å². The van der Waals surface area contributed by atoms with Gasteiger partial charge in [-0.15, -0.1) is 0 Å². The molecule has 2 nitrogen and oxygen atoms in total. The Kier molecular flexibility index (Phi) is 6.77. The fourth-order valence-electron chi connectivity index (χ4n) is 3.85. The SMILES string of the molecule is C=C(CCCCCC(C)C)NC1CC(C)(C)NC(C)(C)C1. The van der Waals surface area contributed by atoms with Crippen molar-refractivity contribution in [2.45, 2.75) is 104 Å². The van der Waals surface area contributed by atoms with Crippen LogP contribution >= 0.6 is 0 Å². The summed E-state index contributed by atoms with van der Waals surface area (Å²) in [6.45, 7) is 18.1. The molecular formula is C19H38N2. The standard InChI is InChI=1S/C19H38N2/c1-15(2)11-9-8-10-12-16(3)20-17-13-18(4,5)21-19(6,7)14-17/h15,17,20-21H,3,8-14H2,1-2,4-7H3. The van der Waals surface area contributed by atoms with E-state index in [0.717, 1.165) is 12.3 Å². The van der Waals surface area contributed by atoms with Crippen molar-refractivity contribution in [3.05, 3.63) is 12.3 Å². The summed E-state index contributed by atoms with van der Waals surface area (Å²) in [6.07, 6.45) is 8.79. The summed E-state index contributed by atoms with van der Waals surface area (Å²) in [5.74, 6) is 0.838. The minimum absolute atomic E-state index is 0.205. The second-order valence-corrected chi connectivity index (χ2v) is 8.74. The Hall–Kier alpha value is -0.500. The Morgan fingerprint density at radius 3 is 2.19 bits per heavy atom. The van der Waals surface area contributed by atoms with Gasteiger partial charge in [-0.2, -0.15) is 0 Å². The van der Waals surface area contributed by atoms with Crippen molar-refractivity contribution in [1.82, 2.24) is 10.6 Å². The Balaban J connectivity index is 2.27. The van der Waals surface area contributed by atoms with Crippen LogP contribution in [-0.4, -0.2) is 17.1 Å². The highest BCUT2D eigenvalue weighted by Crippen LogP contribution is 2.29.